The van der Waals surface area contributed by atoms with Crippen molar-refractivity contribution < 1.29 is 19.8 Å². The van der Waals surface area contributed by atoms with Gasteiger partial charge in [0.15, 0.2) is 5.78 Å². The van der Waals surface area contributed by atoms with Crippen LogP contribution in [0, 0.1) is 16.0 Å². The third-order valence-electron chi connectivity index (χ3n) is 6.23. The number of rotatable bonds is 2. The van der Waals surface area contributed by atoms with Crippen LogP contribution in [0.3, 0.4) is 0 Å². The van der Waals surface area contributed by atoms with E-state index in [0.717, 1.165) is 10.6 Å². The Hall–Kier alpha value is -4.34. The molecule has 0 bridgehead atoms. The summed E-state index contributed by atoms with van der Waals surface area (Å²) in [6.07, 6.45) is 0. The molecule has 1 aliphatic carbocycles. The predicted octanol–water partition coefficient (Wildman–Crippen LogP) is -0.143. The van der Waals surface area contributed by atoms with E-state index >= 15 is 0 Å². The Morgan fingerprint density at radius 2 is 1.69 bits per heavy atom. The molecule has 0 amide bonds. The number of phenols is 1. The van der Waals surface area contributed by atoms with Crippen LogP contribution in [0.5, 0.6) is 5.75 Å². The molecule has 2 aliphatic rings. The summed E-state index contributed by atoms with van der Waals surface area (Å²) in [6.45, 7) is 0. The molecule has 2 atom stereocenters. The fraction of sp³-hybridized carbons (Fsp3) is 0.182. The fourth-order valence-corrected chi connectivity index (χ4v) is 4.70. The van der Waals surface area contributed by atoms with Crippen LogP contribution in [-0.4, -0.2) is 30.7 Å². The molecule has 160 valence electrons. The van der Waals surface area contributed by atoms with Gasteiger partial charge in [-0.3, -0.25) is 19.7 Å². The summed E-state index contributed by atoms with van der Waals surface area (Å²) in [5.74, 6) is -2.33. The number of nitro benzene ring substituents is 1. The molecular formula is C22H17N4O6+. The van der Waals surface area contributed by atoms with Crippen LogP contribution in [0.4, 0.5) is 11.5 Å². The Morgan fingerprint density at radius 1 is 1.00 bits per heavy atom. The van der Waals surface area contributed by atoms with Crippen LogP contribution in [0.15, 0.2) is 52.1 Å². The molecule has 32 heavy (non-hydrogen) atoms. The predicted molar refractivity (Wildman–Crippen MR) is 113 cm³/mol. The Labute approximate surface area is 179 Å². The molecule has 0 radical (unpaired) electrons. The maximum absolute atomic E-state index is 13.4. The highest BCUT2D eigenvalue weighted by atomic mass is 16.6. The van der Waals surface area contributed by atoms with Gasteiger partial charge in [0.2, 0.25) is 0 Å². The van der Waals surface area contributed by atoms with Gasteiger partial charge in [0.25, 0.3) is 17.1 Å². The molecule has 0 fully saturated rings. The lowest BCUT2D eigenvalue weighted by atomic mass is 9.76. The monoisotopic (exact) mass is 433 g/mol. The number of nitro groups is 1. The first kappa shape index (κ1) is 19.6. The number of non-ortho nitro benzene ring substituents is 1. The van der Waals surface area contributed by atoms with Crippen molar-refractivity contribution in [1.82, 2.24) is 9.13 Å². The number of nitrogens with zero attached hydrogens (tertiary/aromatic N) is 3. The smallest absolute Gasteiger partial charge is 0.417 e. The van der Waals surface area contributed by atoms with Gasteiger partial charge in [0.05, 0.1) is 17.9 Å². The van der Waals surface area contributed by atoms with E-state index in [9.17, 15) is 29.6 Å². The number of hydrogen-bond acceptors (Lipinski definition) is 6. The number of Topliss-reactive ketones (excluding diaryl/α,β-unsaturated/α-hetero) is 1. The largest absolute Gasteiger partial charge is 0.508 e. The minimum absolute atomic E-state index is 0.0707. The normalized spacial score (nSPS) is 18.6. The van der Waals surface area contributed by atoms with Gasteiger partial charge in [0.1, 0.15) is 17.0 Å². The number of fused-ring (bicyclic) bond motifs is 4. The average Bonchev–Trinajstić information content (AvgIpc) is 3.07. The van der Waals surface area contributed by atoms with Crippen molar-refractivity contribution in [3.8, 4) is 5.75 Å². The maximum atomic E-state index is 13.4. The van der Waals surface area contributed by atoms with E-state index in [2.05, 4.69) is 4.99 Å². The second-order valence-electron chi connectivity index (χ2n) is 7.87. The number of carbonyl (C=O) groups excluding carboxylic acids is 1. The third kappa shape index (κ3) is 2.46. The van der Waals surface area contributed by atoms with Crippen LogP contribution in [0.2, 0.25) is 0 Å². The minimum atomic E-state index is -1.04. The van der Waals surface area contributed by atoms with Crippen molar-refractivity contribution in [3.63, 3.8) is 0 Å². The number of phenolic OH excluding ortho intramolecular Hbond substituents is 1. The molecule has 1 aromatic heterocycles. The molecule has 3 aromatic rings. The van der Waals surface area contributed by atoms with E-state index in [0.29, 0.717) is 16.8 Å². The lowest BCUT2D eigenvalue weighted by Crippen LogP contribution is -2.74. The number of hydrogen-bond donors (Lipinski definition) is 2. The summed E-state index contributed by atoms with van der Waals surface area (Å²) in [6, 6.07) is 10.4. The third-order valence-corrected chi connectivity index (χ3v) is 6.23. The van der Waals surface area contributed by atoms with Crippen molar-refractivity contribution in [3.05, 3.63) is 95.7 Å². The molecule has 0 saturated heterocycles. The van der Waals surface area contributed by atoms with Crippen molar-refractivity contribution >= 4 is 23.0 Å². The minimum Gasteiger partial charge on any atom is -0.508 e. The summed E-state index contributed by atoms with van der Waals surface area (Å²) in [7, 11) is 2.81. The molecule has 2 heterocycles. The summed E-state index contributed by atoms with van der Waals surface area (Å²) in [5.41, 5.74) is 0.193. The van der Waals surface area contributed by atoms with Crippen molar-refractivity contribution in [2.24, 2.45) is 20.0 Å². The Morgan fingerprint density at radius 3 is 2.38 bits per heavy atom. The highest BCUT2D eigenvalue weighted by Crippen LogP contribution is 2.45. The summed E-state index contributed by atoms with van der Waals surface area (Å²) < 4.78 is 2.17. The Balaban J connectivity index is 1.92. The van der Waals surface area contributed by atoms with Crippen LogP contribution in [0.1, 0.15) is 33.0 Å². The molecule has 2 aromatic carbocycles. The molecule has 10 heteroatoms. The molecular weight excluding hydrogens is 416 g/mol. The molecule has 0 saturated carbocycles. The van der Waals surface area contributed by atoms with E-state index in [1.165, 1.54) is 30.8 Å². The lowest BCUT2D eigenvalue weighted by Gasteiger charge is -2.27. The molecule has 5 rings (SSSR count). The second kappa shape index (κ2) is 6.58. The van der Waals surface area contributed by atoms with Crippen molar-refractivity contribution in [2.75, 3.05) is 0 Å². The van der Waals surface area contributed by atoms with Gasteiger partial charge in [-0.25, -0.2) is 14.4 Å². The van der Waals surface area contributed by atoms with Gasteiger partial charge in [-0.05, 0) is 6.07 Å². The van der Waals surface area contributed by atoms with Gasteiger partial charge in [-0.2, -0.15) is 4.57 Å². The first-order valence-corrected chi connectivity index (χ1v) is 9.77. The zero-order chi connectivity index (χ0) is 22.9. The van der Waals surface area contributed by atoms with Gasteiger partial charge in [-0.1, -0.05) is 24.3 Å². The number of aromatic nitrogens is 2. The maximum Gasteiger partial charge on any atom is 0.417 e. The number of ketones is 1. The highest BCUT2D eigenvalue weighted by Gasteiger charge is 2.51. The van der Waals surface area contributed by atoms with Crippen molar-refractivity contribution in [1.29, 1.82) is 0 Å². The van der Waals surface area contributed by atoms with Gasteiger partial charge < -0.3 is 5.11 Å². The number of nitrogens with one attached hydrogen (secondary N) is 1. The second-order valence-corrected chi connectivity index (χ2v) is 7.87. The lowest BCUT2D eigenvalue weighted by molar-refractivity contribution is -0.385. The van der Waals surface area contributed by atoms with Crippen LogP contribution in [-0.2, 0) is 14.1 Å². The van der Waals surface area contributed by atoms with Crippen molar-refractivity contribution in [2.45, 2.75) is 5.92 Å². The van der Waals surface area contributed by atoms with E-state index in [1.807, 2.05) is 0 Å². The summed E-state index contributed by atoms with van der Waals surface area (Å²) in [4.78, 5) is 53.2. The zero-order valence-electron chi connectivity index (χ0n) is 17.0. The first-order valence-electron chi connectivity index (χ1n) is 9.77. The average molecular weight is 433 g/mol. The standard InChI is InChI=1S/C22H16N4O6/c1-24-20-17(21(29)25(2)22(24)30)15(13-9-10(26(31)32)7-8-14(13)27)16-18(23-20)11-5-3-4-6-12(11)19(16)28/h3-9,15-16,27H,1-2H3/p+1. The zero-order valence-corrected chi connectivity index (χ0v) is 17.0. The van der Waals surface area contributed by atoms with Crippen LogP contribution < -0.4 is 16.2 Å². The first-order chi connectivity index (χ1) is 15.2. The summed E-state index contributed by atoms with van der Waals surface area (Å²) >= 11 is 0. The molecule has 2 unspecified atom stereocenters. The van der Waals surface area contributed by atoms with E-state index in [-0.39, 0.29) is 34.2 Å². The number of benzene rings is 2. The summed E-state index contributed by atoms with van der Waals surface area (Å²) in [5, 5.41) is 22.1. The van der Waals surface area contributed by atoms with Gasteiger partial charge in [0, 0.05) is 41.8 Å². The van der Waals surface area contributed by atoms with E-state index in [4.69, 9.17) is 0 Å². The van der Waals surface area contributed by atoms with E-state index in [1.54, 1.807) is 24.3 Å². The molecule has 1 aliphatic heterocycles. The van der Waals surface area contributed by atoms with Crippen LogP contribution in [0.25, 0.3) is 0 Å². The fourth-order valence-electron chi connectivity index (χ4n) is 4.70. The van der Waals surface area contributed by atoms with E-state index < -0.39 is 28.0 Å². The topological polar surface area (TPSA) is 138 Å². The molecule has 2 N–H and O–H groups in total. The molecule has 10 nitrogen and oxygen atoms in total. The number of carbonyl (C=O) groups is 1. The molecule has 0 spiro atoms. The quantitative estimate of drug-likeness (QED) is 0.426. The van der Waals surface area contributed by atoms with Gasteiger partial charge >= 0.3 is 5.69 Å². The Kier molecular flexibility index (Phi) is 4.03. The number of aromatic hydroxyl groups is 1. The van der Waals surface area contributed by atoms with Gasteiger partial charge in [-0.15, -0.1) is 0 Å². The highest BCUT2D eigenvalue weighted by molar-refractivity contribution is 6.27. The van der Waals surface area contributed by atoms with Crippen LogP contribution >= 0.6 is 0 Å². The SMILES string of the molecule is Cn1c2c(c(=O)n(C)c1=O)C(c1cc([N+](=O)[O-])ccc1O)C1C(=O)c3ccccc3C1=[NH+]2. The Bertz CT molecular complexity index is 1510.